The first-order chi connectivity index (χ1) is 7.26. The summed E-state index contributed by atoms with van der Waals surface area (Å²) in [5.74, 6) is 0. The zero-order valence-electron chi connectivity index (χ0n) is 7.87. The minimum Gasteiger partial charge on any atom is -0.790 e. The summed E-state index contributed by atoms with van der Waals surface area (Å²) in [6, 6.07) is 0. The quantitative estimate of drug-likeness (QED) is 0.366. The highest BCUT2D eigenvalue weighted by Gasteiger charge is 2.44. The molecule has 1 heterocycles. The second kappa shape index (κ2) is 5.05. The van der Waals surface area contributed by atoms with Crippen molar-refractivity contribution in [2.45, 2.75) is 30.7 Å². The first kappa shape index (κ1) is 14.0. The van der Waals surface area contributed by atoms with Gasteiger partial charge >= 0.3 is 0 Å². The lowest BCUT2D eigenvalue weighted by atomic mass is 10.00. The molecule has 1 unspecified atom stereocenters. The van der Waals surface area contributed by atoms with Crippen molar-refractivity contribution in [3.8, 4) is 0 Å². The van der Waals surface area contributed by atoms with E-state index in [0.717, 1.165) is 0 Å². The summed E-state index contributed by atoms with van der Waals surface area (Å²) in [7, 11) is -5.41. The predicted octanol–water partition coefficient (Wildman–Crippen LogP) is -4.37. The Balaban J connectivity index is 2.75. The average Bonchev–Trinajstić information content (AvgIpc) is 2.17. The minimum absolute atomic E-state index is 0.743. The van der Waals surface area contributed by atoms with Crippen molar-refractivity contribution in [1.82, 2.24) is 0 Å². The van der Waals surface area contributed by atoms with Gasteiger partial charge in [-0.1, -0.05) is 0 Å². The molecule has 10 heteroatoms. The molecular weight excluding hydrogens is 247 g/mol. The summed E-state index contributed by atoms with van der Waals surface area (Å²) in [4.78, 5) is 20.6. The highest BCUT2D eigenvalue weighted by Crippen LogP contribution is 2.33. The molecule has 0 radical (unpaired) electrons. The van der Waals surface area contributed by atoms with Gasteiger partial charge in [0.05, 0.1) is 14.4 Å². The minimum atomic E-state index is -5.41. The molecule has 0 spiro atoms. The van der Waals surface area contributed by atoms with E-state index in [0.29, 0.717) is 0 Å². The van der Waals surface area contributed by atoms with E-state index in [4.69, 9.17) is 5.11 Å². The Bertz CT molecular complexity index is 275. The molecule has 16 heavy (non-hydrogen) atoms. The number of hydrogen-bond acceptors (Lipinski definition) is 9. The fourth-order valence-electron chi connectivity index (χ4n) is 1.28. The van der Waals surface area contributed by atoms with E-state index in [1.54, 1.807) is 0 Å². The maximum atomic E-state index is 10.3. The summed E-state index contributed by atoms with van der Waals surface area (Å²) >= 11 is 0. The van der Waals surface area contributed by atoms with E-state index in [1.165, 1.54) is 0 Å². The largest absolute Gasteiger partial charge is 0.790 e. The predicted molar refractivity (Wildman–Crippen MR) is 42.5 cm³/mol. The summed E-state index contributed by atoms with van der Waals surface area (Å²) in [6.07, 6.45) is -8.61. The lowest BCUT2D eigenvalue weighted by Crippen LogP contribution is -2.59. The van der Waals surface area contributed by atoms with Gasteiger partial charge in [-0.05, 0) is 0 Å². The Morgan fingerprint density at radius 3 is 2.19 bits per heavy atom. The SMILES string of the molecule is O=P([O-])([O-])OC1O[C@H](CO)[C@@H](O)[C@H](O)[C@@H]1O. The number of hydrogen-bond donors (Lipinski definition) is 4. The van der Waals surface area contributed by atoms with Gasteiger partial charge in [0.25, 0.3) is 0 Å². The fraction of sp³-hybridized carbons (Fsp3) is 1.00. The molecule has 0 amide bonds. The first-order valence-corrected chi connectivity index (χ1v) is 5.73. The van der Waals surface area contributed by atoms with Crippen molar-refractivity contribution in [3.63, 3.8) is 0 Å². The third kappa shape index (κ3) is 3.20. The standard InChI is InChI=1S/C6H13O9P/c7-1-2-3(8)4(9)5(10)6(14-2)15-16(11,12)13/h2-10H,1H2,(H2,11,12,13)/p-2/t2-,3-,4+,5+,6?/m1/s1. The molecule has 1 aliphatic rings. The van der Waals surface area contributed by atoms with Crippen molar-refractivity contribution in [1.29, 1.82) is 0 Å². The summed E-state index contributed by atoms with van der Waals surface area (Å²) in [6.45, 7) is -0.743. The smallest absolute Gasteiger partial charge is 0.191 e. The number of aliphatic hydroxyl groups is 4. The van der Waals surface area contributed by atoms with Crippen LogP contribution in [0.5, 0.6) is 0 Å². The van der Waals surface area contributed by atoms with Gasteiger partial charge in [-0.25, -0.2) is 0 Å². The normalized spacial score (nSPS) is 41.0. The fourth-order valence-corrected chi connectivity index (χ4v) is 1.71. The second-order valence-electron chi connectivity index (χ2n) is 3.25. The van der Waals surface area contributed by atoms with Crippen molar-refractivity contribution >= 4 is 7.82 Å². The number of rotatable bonds is 3. The highest BCUT2D eigenvalue weighted by molar-refractivity contribution is 7.43. The Labute approximate surface area is 90.1 Å². The maximum absolute atomic E-state index is 10.3. The number of ether oxygens (including phenoxy) is 1. The third-order valence-electron chi connectivity index (χ3n) is 2.08. The number of phosphoric acid groups is 1. The number of aliphatic hydroxyl groups excluding tert-OH is 4. The van der Waals surface area contributed by atoms with E-state index < -0.39 is 45.1 Å². The molecule has 4 N–H and O–H groups in total. The molecule has 1 aliphatic heterocycles. The van der Waals surface area contributed by atoms with E-state index in [-0.39, 0.29) is 0 Å². The molecule has 1 fully saturated rings. The summed E-state index contributed by atoms with van der Waals surface area (Å²) in [5, 5.41) is 36.5. The number of phosphoric ester groups is 1. The van der Waals surface area contributed by atoms with Gasteiger partial charge in [0.15, 0.2) is 6.29 Å². The van der Waals surface area contributed by atoms with Gasteiger partial charge < -0.3 is 44.0 Å². The molecule has 96 valence electrons. The second-order valence-corrected chi connectivity index (χ2v) is 4.36. The van der Waals surface area contributed by atoms with Crippen LogP contribution in [0.4, 0.5) is 0 Å². The van der Waals surface area contributed by atoms with Gasteiger partial charge in [-0.3, -0.25) is 0 Å². The Morgan fingerprint density at radius 1 is 1.19 bits per heavy atom. The molecule has 0 aromatic carbocycles. The van der Waals surface area contributed by atoms with E-state index in [1.807, 2.05) is 0 Å². The topological polar surface area (TPSA) is 163 Å². The van der Waals surface area contributed by atoms with Crippen LogP contribution in [0.1, 0.15) is 0 Å². The van der Waals surface area contributed by atoms with Crippen molar-refractivity contribution in [3.05, 3.63) is 0 Å². The monoisotopic (exact) mass is 258 g/mol. The van der Waals surface area contributed by atoms with Crippen LogP contribution in [0.2, 0.25) is 0 Å². The lowest BCUT2D eigenvalue weighted by Gasteiger charge is -2.43. The third-order valence-corrected chi connectivity index (χ3v) is 2.55. The molecule has 9 nitrogen and oxygen atoms in total. The Hall–Kier alpha value is -0.0900. The zero-order valence-corrected chi connectivity index (χ0v) is 8.77. The van der Waals surface area contributed by atoms with Crippen LogP contribution in [-0.4, -0.2) is 57.7 Å². The van der Waals surface area contributed by atoms with Crippen LogP contribution in [0.25, 0.3) is 0 Å². The van der Waals surface area contributed by atoms with Crippen LogP contribution in [-0.2, 0) is 13.8 Å². The van der Waals surface area contributed by atoms with Gasteiger partial charge in [0, 0.05) is 0 Å². The van der Waals surface area contributed by atoms with Gasteiger partial charge in [0.2, 0.25) is 0 Å². The average molecular weight is 258 g/mol. The Kier molecular flexibility index (Phi) is 4.41. The van der Waals surface area contributed by atoms with Gasteiger partial charge in [0.1, 0.15) is 24.4 Å². The molecule has 1 saturated heterocycles. The highest BCUT2D eigenvalue weighted by atomic mass is 31.2. The van der Waals surface area contributed by atoms with E-state index in [9.17, 15) is 29.7 Å². The molecule has 5 atom stereocenters. The lowest BCUT2D eigenvalue weighted by molar-refractivity contribution is -0.368. The van der Waals surface area contributed by atoms with Crippen LogP contribution < -0.4 is 9.79 Å². The molecule has 1 rings (SSSR count). The van der Waals surface area contributed by atoms with Crippen LogP contribution in [0.15, 0.2) is 0 Å². The summed E-state index contributed by atoms with van der Waals surface area (Å²) < 4.78 is 18.7. The molecule has 0 saturated carbocycles. The molecule has 0 aromatic heterocycles. The van der Waals surface area contributed by atoms with Gasteiger partial charge in [-0.2, -0.15) is 0 Å². The van der Waals surface area contributed by atoms with Crippen molar-refractivity contribution < 1.29 is 44.0 Å². The van der Waals surface area contributed by atoms with E-state index >= 15 is 0 Å². The van der Waals surface area contributed by atoms with E-state index in [2.05, 4.69) is 9.26 Å². The molecule has 0 bridgehead atoms. The van der Waals surface area contributed by atoms with Crippen LogP contribution >= 0.6 is 7.82 Å². The molecule has 0 aliphatic carbocycles. The molecule has 0 aromatic rings. The maximum Gasteiger partial charge on any atom is 0.191 e. The van der Waals surface area contributed by atoms with Crippen molar-refractivity contribution in [2.24, 2.45) is 0 Å². The van der Waals surface area contributed by atoms with Crippen molar-refractivity contribution in [2.75, 3.05) is 6.61 Å². The Morgan fingerprint density at radius 2 is 1.75 bits per heavy atom. The van der Waals surface area contributed by atoms with Crippen LogP contribution in [0, 0.1) is 0 Å². The first-order valence-electron chi connectivity index (χ1n) is 4.27. The molecular formula is C6H11O9P-2. The van der Waals surface area contributed by atoms with Crippen LogP contribution in [0.3, 0.4) is 0 Å². The zero-order chi connectivity index (χ0) is 12.5. The summed E-state index contributed by atoms with van der Waals surface area (Å²) in [5.41, 5.74) is 0. The van der Waals surface area contributed by atoms with Gasteiger partial charge in [-0.15, -0.1) is 0 Å².